The molecule has 3 atom stereocenters. The first-order valence-corrected chi connectivity index (χ1v) is 7.48. The molecule has 0 aromatic heterocycles. The predicted molar refractivity (Wildman–Crippen MR) is 77.4 cm³/mol. The van der Waals surface area contributed by atoms with Crippen molar-refractivity contribution in [2.75, 3.05) is 4.90 Å². The lowest BCUT2D eigenvalue weighted by Gasteiger charge is -2.35. The Morgan fingerprint density at radius 2 is 1.84 bits per heavy atom. The second kappa shape index (κ2) is 3.36. The van der Waals surface area contributed by atoms with Crippen molar-refractivity contribution < 1.29 is 4.79 Å². The summed E-state index contributed by atoms with van der Waals surface area (Å²) in [5, 5.41) is 0. The molecule has 0 bridgehead atoms. The first kappa shape index (κ1) is 12.6. The van der Waals surface area contributed by atoms with Crippen molar-refractivity contribution in [2.45, 2.75) is 26.5 Å². The molecule has 1 aromatic carbocycles. The topological polar surface area (TPSA) is 20.3 Å². The molecule has 0 N–H and O–H groups in total. The van der Waals surface area contributed by atoms with E-state index in [-0.39, 0.29) is 11.8 Å². The van der Waals surface area contributed by atoms with Crippen LogP contribution in [0.1, 0.15) is 17.9 Å². The third-order valence-corrected chi connectivity index (χ3v) is 6.50. The SMILES string of the molecule is O=CN1c2ccccc2C2C(C2(Cl)Cl)C12CC2(Cl)Cl. The van der Waals surface area contributed by atoms with Gasteiger partial charge in [-0.2, -0.15) is 0 Å². The summed E-state index contributed by atoms with van der Waals surface area (Å²) in [4.78, 5) is 13.2. The number of benzene rings is 1. The smallest absolute Gasteiger partial charge is 0.214 e. The number of rotatable bonds is 1. The van der Waals surface area contributed by atoms with Gasteiger partial charge in [0.1, 0.15) is 8.67 Å². The van der Waals surface area contributed by atoms with Gasteiger partial charge in [-0.05, 0) is 11.6 Å². The van der Waals surface area contributed by atoms with Gasteiger partial charge in [0.05, 0.1) is 5.54 Å². The molecule has 2 nitrogen and oxygen atoms in total. The number of hydrogen-bond donors (Lipinski definition) is 0. The highest BCUT2D eigenvalue weighted by molar-refractivity contribution is 6.55. The van der Waals surface area contributed by atoms with E-state index in [1.54, 1.807) is 4.90 Å². The molecule has 1 heterocycles. The minimum atomic E-state index is -0.976. The molecule has 100 valence electrons. The van der Waals surface area contributed by atoms with Gasteiger partial charge in [0.15, 0.2) is 0 Å². The van der Waals surface area contributed by atoms with Crippen LogP contribution < -0.4 is 4.90 Å². The fourth-order valence-corrected chi connectivity index (χ4v) is 5.49. The van der Waals surface area contributed by atoms with Crippen molar-refractivity contribution in [2.24, 2.45) is 5.92 Å². The maximum Gasteiger partial charge on any atom is 0.214 e. The molecular formula is C13H9Cl4NO. The van der Waals surface area contributed by atoms with E-state index in [0.29, 0.717) is 6.42 Å². The minimum absolute atomic E-state index is 0.0115. The summed E-state index contributed by atoms with van der Waals surface area (Å²) < 4.78 is -1.88. The molecule has 0 radical (unpaired) electrons. The van der Waals surface area contributed by atoms with Crippen molar-refractivity contribution in [3.05, 3.63) is 29.8 Å². The van der Waals surface area contributed by atoms with E-state index in [9.17, 15) is 4.79 Å². The number of fused-ring (bicyclic) bond motifs is 4. The molecule has 3 unspecified atom stereocenters. The molecule has 1 aromatic rings. The second-order valence-corrected chi connectivity index (χ2v) is 8.40. The highest BCUT2D eigenvalue weighted by atomic mass is 35.5. The number of para-hydroxylation sites is 1. The highest BCUT2D eigenvalue weighted by Gasteiger charge is 2.87. The van der Waals surface area contributed by atoms with Gasteiger partial charge < -0.3 is 4.90 Å². The maximum atomic E-state index is 11.6. The Morgan fingerprint density at radius 3 is 2.42 bits per heavy atom. The highest BCUT2D eigenvalue weighted by Crippen LogP contribution is 2.82. The summed E-state index contributed by atoms with van der Waals surface area (Å²) in [5.41, 5.74) is 1.14. The van der Waals surface area contributed by atoms with Crippen LogP contribution in [0.5, 0.6) is 0 Å². The number of alkyl halides is 4. The first-order chi connectivity index (χ1) is 8.88. The Labute approximate surface area is 130 Å². The van der Waals surface area contributed by atoms with Crippen LogP contribution in [-0.4, -0.2) is 20.6 Å². The average molecular weight is 337 g/mol. The molecule has 3 aliphatic rings. The van der Waals surface area contributed by atoms with Gasteiger partial charge in [0.25, 0.3) is 0 Å². The zero-order valence-electron chi connectivity index (χ0n) is 9.62. The van der Waals surface area contributed by atoms with Gasteiger partial charge in [-0.3, -0.25) is 4.79 Å². The lowest BCUT2D eigenvalue weighted by molar-refractivity contribution is -0.108. The Hall–Kier alpha value is -0.150. The second-order valence-electron chi connectivity index (χ2n) is 5.47. The Balaban J connectivity index is 1.96. The Kier molecular flexibility index (Phi) is 2.22. The van der Waals surface area contributed by atoms with E-state index in [1.807, 2.05) is 24.3 Å². The van der Waals surface area contributed by atoms with Crippen LogP contribution in [-0.2, 0) is 4.79 Å². The summed E-state index contributed by atoms with van der Waals surface area (Å²) in [6.07, 6.45) is 1.28. The van der Waals surface area contributed by atoms with Gasteiger partial charge in [-0.25, -0.2) is 0 Å². The van der Waals surface area contributed by atoms with Crippen LogP contribution in [0.3, 0.4) is 0 Å². The third kappa shape index (κ3) is 1.25. The van der Waals surface area contributed by atoms with Gasteiger partial charge >= 0.3 is 0 Å². The number of nitrogens with zero attached hydrogens (tertiary/aromatic N) is 1. The van der Waals surface area contributed by atoms with E-state index in [0.717, 1.165) is 17.7 Å². The quantitative estimate of drug-likeness (QED) is 0.563. The van der Waals surface area contributed by atoms with E-state index in [2.05, 4.69) is 0 Å². The summed E-state index contributed by atoms with van der Waals surface area (Å²) in [6.45, 7) is 0. The molecule has 0 saturated heterocycles. The summed E-state index contributed by atoms with van der Waals surface area (Å²) >= 11 is 25.5. The van der Waals surface area contributed by atoms with Crippen molar-refractivity contribution in [1.82, 2.24) is 0 Å². The van der Waals surface area contributed by atoms with E-state index < -0.39 is 14.2 Å². The summed E-state index contributed by atoms with van der Waals surface area (Å²) in [7, 11) is 0. The number of carbonyl (C=O) groups is 1. The van der Waals surface area contributed by atoms with Crippen molar-refractivity contribution in [3.8, 4) is 0 Å². The number of carbonyl (C=O) groups excluding carboxylic acids is 1. The average Bonchev–Trinajstić information content (AvgIpc) is 3.12. The lowest BCUT2D eigenvalue weighted by atomic mass is 9.94. The molecule has 2 saturated carbocycles. The molecule has 1 spiro atoms. The minimum Gasteiger partial charge on any atom is -0.305 e. The standard InChI is InChI=1S/C13H9Cl4NO/c14-12(15)5-11(12)10-9(13(10,16)17)7-3-1-2-4-8(7)18(11)6-19/h1-4,6,9-10H,5H2. The first-order valence-electron chi connectivity index (χ1n) is 5.97. The fourth-order valence-electron chi connectivity index (χ4n) is 3.69. The van der Waals surface area contributed by atoms with Gasteiger partial charge in [-0.15, -0.1) is 23.2 Å². The van der Waals surface area contributed by atoms with E-state index in [1.165, 1.54) is 0 Å². The van der Waals surface area contributed by atoms with E-state index >= 15 is 0 Å². The van der Waals surface area contributed by atoms with Crippen LogP contribution in [0.2, 0.25) is 0 Å². The summed E-state index contributed by atoms with van der Waals surface area (Å²) in [6, 6.07) is 7.63. The third-order valence-electron chi connectivity index (χ3n) is 4.63. The number of hydrogen-bond acceptors (Lipinski definition) is 1. The molecule has 19 heavy (non-hydrogen) atoms. The molecule has 2 aliphatic carbocycles. The number of anilines is 1. The van der Waals surface area contributed by atoms with Crippen molar-refractivity contribution in [3.63, 3.8) is 0 Å². The van der Waals surface area contributed by atoms with E-state index in [4.69, 9.17) is 46.4 Å². The normalized spacial score (nSPS) is 39.5. The van der Waals surface area contributed by atoms with Crippen LogP contribution >= 0.6 is 46.4 Å². The molecule has 6 heteroatoms. The molecule has 1 amide bonds. The number of halogens is 4. The largest absolute Gasteiger partial charge is 0.305 e. The fraction of sp³-hybridized carbons (Fsp3) is 0.462. The molecule has 4 rings (SSSR count). The zero-order chi connectivity index (χ0) is 13.6. The Bertz CT molecular complexity index is 602. The van der Waals surface area contributed by atoms with Crippen LogP contribution in [0.15, 0.2) is 24.3 Å². The molecule has 1 aliphatic heterocycles. The van der Waals surface area contributed by atoms with Gasteiger partial charge in [0.2, 0.25) is 6.41 Å². The van der Waals surface area contributed by atoms with Crippen LogP contribution in [0.4, 0.5) is 5.69 Å². The van der Waals surface area contributed by atoms with Crippen molar-refractivity contribution >= 4 is 58.5 Å². The monoisotopic (exact) mass is 335 g/mol. The number of amides is 1. The van der Waals surface area contributed by atoms with Crippen molar-refractivity contribution in [1.29, 1.82) is 0 Å². The summed E-state index contributed by atoms with van der Waals surface area (Å²) in [5.74, 6) is -0.124. The Morgan fingerprint density at radius 1 is 1.21 bits per heavy atom. The zero-order valence-corrected chi connectivity index (χ0v) is 12.6. The molecular weight excluding hydrogens is 328 g/mol. The molecule has 2 fully saturated rings. The van der Waals surface area contributed by atoms with Gasteiger partial charge in [-0.1, -0.05) is 41.4 Å². The lowest BCUT2D eigenvalue weighted by Crippen LogP contribution is -2.46. The van der Waals surface area contributed by atoms with Crippen LogP contribution in [0.25, 0.3) is 0 Å². The maximum absolute atomic E-state index is 11.6. The predicted octanol–water partition coefficient (Wildman–Crippen LogP) is 3.87. The van der Waals surface area contributed by atoms with Gasteiger partial charge in [0, 0.05) is 23.9 Å². The van der Waals surface area contributed by atoms with Crippen LogP contribution in [0, 0.1) is 5.92 Å².